The van der Waals surface area contributed by atoms with Crippen LogP contribution in [0.4, 0.5) is 0 Å². The average molecular weight is 590 g/mol. The third kappa shape index (κ3) is 63.7. The summed E-state index contributed by atoms with van der Waals surface area (Å²) in [6, 6.07) is 0. The van der Waals surface area contributed by atoms with Crippen molar-refractivity contribution in [3.63, 3.8) is 0 Å². The predicted octanol–water partition coefficient (Wildman–Crippen LogP) is 4.20. The molecule has 0 saturated carbocycles. The zero-order valence-corrected chi connectivity index (χ0v) is 23.8. The van der Waals surface area contributed by atoms with Crippen molar-refractivity contribution in [2.45, 2.75) is 96.8 Å². The monoisotopic (exact) mass is 592 g/mol. The van der Waals surface area contributed by atoms with Gasteiger partial charge in [-0.2, -0.15) is 0 Å². The van der Waals surface area contributed by atoms with Crippen LogP contribution in [-0.4, -0.2) is 89.1 Å². The molecule has 0 unspecified atom stereocenters. The van der Waals surface area contributed by atoms with Gasteiger partial charge in [-0.05, 0) is 0 Å². The maximum absolute atomic E-state index is 7.62. The van der Waals surface area contributed by atoms with E-state index in [1.54, 1.807) is 17.7 Å². The van der Waals surface area contributed by atoms with Crippen LogP contribution in [0.25, 0.3) is 0 Å². The molecule has 0 aliphatic carbocycles. The first kappa shape index (κ1) is 34.9. The van der Waals surface area contributed by atoms with Gasteiger partial charge in [-0.15, -0.1) is 0 Å². The minimum Gasteiger partial charge on any atom is -0.394 e. The van der Waals surface area contributed by atoms with E-state index in [0.29, 0.717) is 0 Å². The Bertz CT molecular complexity index is 142. The standard InChI is InChI=1S/4C4H9.2C2H6O2.2Sn/c4*1-3-4-2;2*3-1-2-4;;/h4*1,3-4H2,2H3;2*3-4H,1-2H2;;. The molecule has 0 atom stereocenters. The summed E-state index contributed by atoms with van der Waals surface area (Å²) in [4.78, 5) is 0. The molecule has 6 heteroatoms. The molecule has 4 radical (unpaired) electrons. The first-order chi connectivity index (χ1) is 12.7. The van der Waals surface area contributed by atoms with E-state index in [1.165, 1.54) is 51.4 Å². The number of aliphatic hydroxyl groups is 4. The molecule has 0 aliphatic rings. The van der Waals surface area contributed by atoms with Gasteiger partial charge in [-0.1, -0.05) is 0 Å². The normalized spacial score (nSPS) is 9.23. The van der Waals surface area contributed by atoms with E-state index in [0.717, 1.165) is 0 Å². The van der Waals surface area contributed by atoms with Gasteiger partial charge in [0.05, 0.1) is 26.4 Å². The molecule has 26 heavy (non-hydrogen) atoms. The SMILES string of the molecule is CCC[CH2][Sn][CH2]CCC.CCC[CH2][Sn][CH2]CCC.OCCO.OCCO. The number of unbranched alkanes of at least 4 members (excludes halogenated alkanes) is 4. The Labute approximate surface area is 185 Å². The van der Waals surface area contributed by atoms with Crippen LogP contribution in [0.1, 0.15) is 79.1 Å². The number of hydrogen-bond acceptors (Lipinski definition) is 4. The summed E-state index contributed by atoms with van der Waals surface area (Å²) >= 11 is 0.299. The Kier molecular flexibility index (Phi) is 60.8. The van der Waals surface area contributed by atoms with Gasteiger partial charge in [0.15, 0.2) is 0 Å². The molecule has 0 bridgehead atoms. The predicted molar refractivity (Wildman–Crippen MR) is 119 cm³/mol. The summed E-state index contributed by atoms with van der Waals surface area (Å²) in [7, 11) is 0. The zero-order valence-electron chi connectivity index (χ0n) is 18.1. The van der Waals surface area contributed by atoms with Gasteiger partial charge >= 0.3 is 139 Å². The third-order valence-electron chi connectivity index (χ3n) is 3.03. The second-order valence-electron chi connectivity index (χ2n) is 5.81. The Hall–Kier alpha value is 1.44. The van der Waals surface area contributed by atoms with Gasteiger partial charge < -0.3 is 20.4 Å². The van der Waals surface area contributed by atoms with Crippen LogP contribution in [0.5, 0.6) is 0 Å². The maximum atomic E-state index is 7.62. The Balaban J connectivity index is -0.000000134. The molecule has 4 nitrogen and oxygen atoms in total. The van der Waals surface area contributed by atoms with Crippen molar-refractivity contribution in [3.8, 4) is 0 Å². The molecule has 0 heterocycles. The molecule has 0 saturated heterocycles. The molecular weight excluding hydrogens is 542 g/mol. The molecule has 160 valence electrons. The van der Waals surface area contributed by atoms with Crippen molar-refractivity contribution in [3.05, 3.63) is 0 Å². The van der Waals surface area contributed by atoms with E-state index in [-0.39, 0.29) is 68.7 Å². The molecule has 0 amide bonds. The minimum absolute atomic E-state index is 0.125. The largest absolute Gasteiger partial charge is 0.394 e. The molecule has 0 aliphatic heterocycles. The molecule has 0 rings (SSSR count). The van der Waals surface area contributed by atoms with E-state index >= 15 is 0 Å². The van der Waals surface area contributed by atoms with E-state index < -0.39 is 0 Å². The van der Waals surface area contributed by atoms with E-state index in [9.17, 15) is 0 Å². The van der Waals surface area contributed by atoms with Crippen molar-refractivity contribution >= 4 is 42.3 Å². The van der Waals surface area contributed by atoms with Crippen LogP contribution in [0, 0.1) is 0 Å². The van der Waals surface area contributed by atoms with Crippen molar-refractivity contribution < 1.29 is 20.4 Å². The Morgan fingerprint density at radius 1 is 0.423 bits per heavy atom. The smallest absolute Gasteiger partial charge is 0.0662 e. The molecule has 0 aromatic rings. The molecule has 0 aromatic heterocycles. The van der Waals surface area contributed by atoms with Crippen molar-refractivity contribution in [2.75, 3.05) is 26.4 Å². The summed E-state index contributed by atoms with van der Waals surface area (Å²) in [6.45, 7) is 8.66. The summed E-state index contributed by atoms with van der Waals surface area (Å²) in [5.74, 6) is 0. The maximum Gasteiger partial charge on any atom is 0.0662 e. The summed E-state index contributed by atoms with van der Waals surface area (Å²) < 4.78 is 6.50. The van der Waals surface area contributed by atoms with Crippen LogP contribution in [-0.2, 0) is 0 Å². The zero-order chi connectivity index (χ0) is 20.7. The summed E-state index contributed by atoms with van der Waals surface area (Å²) in [5.41, 5.74) is 0. The second kappa shape index (κ2) is 45.3. The number of aliphatic hydroxyl groups excluding tert-OH is 4. The quantitative estimate of drug-likeness (QED) is 0.181. The van der Waals surface area contributed by atoms with Crippen molar-refractivity contribution in [1.82, 2.24) is 0 Å². The topological polar surface area (TPSA) is 80.9 Å². The van der Waals surface area contributed by atoms with Crippen LogP contribution in [0.3, 0.4) is 0 Å². The van der Waals surface area contributed by atoms with Gasteiger partial charge in [-0.3, -0.25) is 0 Å². The first-order valence-electron chi connectivity index (χ1n) is 10.5. The van der Waals surface area contributed by atoms with Crippen LogP contribution >= 0.6 is 0 Å². The Morgan fingerprint density at radius 3 is 0.731 bits per heavy atom. The fraction of sp³-hybridized carbons (Fsp3) is 1.00. The summed E-state index contributed by atoms with van der Waals surface area (Å²) in [6.07, 6.45) is 11.7. The molecule has 0 spiro atoms. The van der Waals surface area contributed by atoms with E-state index in [1.807, 2.05) is 0 Å². The fourth-order valence-electron chi connectivity index (χ4n) is 1.46. The van der Waals surface area contributed by atoms with E-state index in [4.69, 9.17) is 20.4 Å². The molecule has 4 N–H and O–H groups in total. The second-order valence-corrected chi connectivity index (χ2v) is 14.4. The first-order valence-corrected chi connectivity index (χ1v) is 18.6. The van der Waals surface area contributed by atoms with Crippen molar-refractivity contribution in [2.24, 2.45) is 0 Å². The number of rotatable bonds is 14. The minimum atomic E-state index is -0.125. The Morgan fingerprint density at radius 2 is 0.615 bits per heavy atom. The molecular formula is C20H48O4Sn2. The van der Waals surface area contributed by atoms with Gasteiger partial charge in [0.1, 0.15) is 0 Å². The fourth-order valence-corrected chi connectivity index (χ4v) is 9.77. The van der Waals surface area contributed by atoms with Gasteiger partial charge in [-0.25, -0.2) is 0 Å². The van der Waals surface area contributed by atoms with E-state index in [2.05, 4.69) is 27.7 Å². The van der Waals surface area contributed by atoms with Gasteiger partial charge in [0.25, 0.3) is 0 Å². The molecule has 0 aromatic carbocycles. The van der Waals surface area contributed by atoms with Crippen molar-refractivity contribution in [1.29, 1.82) is 0 Å². The molecule has 0 fully saturated rings. The van der Waals surface area contributed by atoms with Gasteiger partial charge in [0.2, 0.25) is 0 Å². The third-order valence-corrected chi connectivity index (χ3v) is 11.1. The summed E-state index contributed by atoms with van der Waals surface area (Å²) in [5, 5.41) is 30.5. The van der Waals surface area contributed by atoms with Crippen LogP contribution < -0.4 is 0 Å². The average Bonchev–Trinajstić information content (AvgIpc) is 2.69. The van der Waals surface area contributed by atoms with Crippen LogP contribution in [0.15, 0.2) is 0 Å². The van der Waals surface area contributed by atoms with Crippen LogP contribution in [0.2, 0.25) is 17.7 Å². The van der Waals surface area contributed by atoms with Gasteiger partial charge in [0, 0.05) is 0 Å². The number of hydrogen-bond donors (Lipinski definition) is 4.